The van der Waals surface area contributed by atoms with Crippen LogP contribution in [0.2, 0.25) is 0 Å². The van der Waals surface area contributed by atoms with Crippen molar-refractivity contribution in [3.05, 3.63) is 12.3 Å². The van der Waals surface area contributed by atoms with Gasteiger partial charge in [0.2, 0.25) is 0 Å². The Morgan fingerprint density at radius 3 is 3.50 bits per heavy atom. The van der Waals surface area contributed by atoms with Gasteiger partial charge >= 0.3 is 0 Å². The molecule has 2 rings (SSSR count). The Morgan fingerprint density at radius 1 is 1.62 bits per heavy atom. The lowest BCUT2D eigenvalue weighted by atomic mass is 10.7. The van der Waals surface area contributed by atoms with Gasteiger partial charge < -0.3 is 0 Å². The summed E-state index contributed by atoms with van der Waals surface area (Å²) in [7, 11) is 0. The Morgan fingerprint density at radius 2 is 2.62 bits per heavy atom. The Balaban J connectivity index is 2.67. The quantitative estimate of drug-likeness (QED) is 0.487. The Kier molecular flexibility index (Phi) is 0.542. The van der Waals surface area contributed by atoms with E-state index in [1.165, 1.54) is 0 Å². The van der Waals surface area contributed by atoms with Gasteiger partial charge in [-0.25, -0.2) is 4.68 Å². The molecule has 1 aromatic heterocycles. The maximum atomic E-state index is 3.93. The summed E-state index contributed by atoms with van der Waals surface area (Å²) in [6.45, 7) is 0.586. The molecule has 8 heavy (non-hydrogen) atoms. The average Bonchev–Trinajstić information content (AvgIpc) is 2.15. The van der Waals surface area contributed by atoms with Gasteiger partial charge in [-0.3, -0.25) is 0 Å². The molecule has 1 aliphatic rings. The second-order valence-electron chi connectivity index (χ2n) is 1.57. The zero-order chi connectivity index (χ0) is 5.40. The lowest BCUT2D eigenvalue weighted by Gasteiger charge is -1.83. The van der Waals surface area contributed by atoms with Gasteiger partial charge in [-0.2, -0.15) is 10.2 Å². The Labute approximate surface area is 45.8 Å². The van der Waals surface area contributed by atoms with Gasteiger partial charge in [0.05, 0.1) is 6.20 Å². The van der Waals surface area contributed by atoms with Gasteiger partial charge in [0.1, 0.15) is 0 Å². The van der Waals surface area contributed by atoms with Crippen molar-refractivity contribution in [2.24, 2.45) is 10.2 Å². The van der Waals surface area contributed by atoms with E-state index in [2.05, 4.69) is 15.3 Å². The predicted molar refractivity (Wildman–Crippen MR) is 26.7 cm³/mol. The highest BCUT2D eigenvalue weighted by atomic mass is 15.4. The summed E-state index contributed by atoms with van der Waals surface area (Å²) < 4.78 is 1.74. The van der Waals surface area contributed by atoms with E-state index in [-0.39, 0.29) is 0 Å². The third kappa shape index (κ3) is 0.318. The minimum Gasteiger partial charge on any atom is -0.222 e. The van der Waals surface area contributed by atoms with Gasteiger partial charge in [-0.15, -0.1) is 5.11 Å². The first-order valence-electron chi connectivity index (χ1n) is 2.36. The molecule has 4 heteroatoms. The molecule has 0 unspecified atom stereocenters. The van der Waals surface area contributed by atoms with Crippen LogP contribution in [0, 0.1) is 0 Å². The highest BCUT2D eigenvalue weighted by Gasteiger charge is 2.03. The molecule has 1 aromatic rings. The molecule has 0 radical (unpaired) electrons. The lowest BCUT2D eigenvalue weighted by molar-refractivity contribution is 0.675. The van der Waals surface area contributed by atoms with Crippen LogP contribution in [-0.2, 0) is 6.67 Å². The maximum Gasteiger partial charge on any atom is 0.174 e. The van der Waals surface area contributed by atoms with Crippen LogP contribution in [-0.4, -0.2) is 9.78 Å². The van der Waals surface area contributed by atoms with Crippen molar-refractivity contribution in [1.29, 1.82) is 0 Å². The van der Waals surface area contributed by atoms with Crippen molar-refractivity contribution in [2.75, 3.05) is 0 Å². The first-order chi connectivity index (χ1) is 3.97. The normalized spacial score (nSPS) is 14.5. The van der Waals surface area contributed by atoms with Crippen LogP contribution in [0.1, 0.15) is 0 Å². The molecule has 0 aliphatic carbocycles. The second kappa shape index (κ2) is 1.15. The van der Waals surface area contributed by atoms with Crippen LogP contribution in [0.15, 0.2) is 22.5 Å². The molecule has 2 heterocycles. The molecular formula is C4H4N4. The smallest absolute Gasteiger partial charge is 0.174 e. The first kappa shape index (κ1) is 3.77. The number of fused-ring (bicyclic) bond motifs is 1. The van der Waals surface area contributed by atoms with E-state index in [1.54, 1.807) is 10.9 Å². The minimum atomic E-state index is 0.586. The van der Waals surface area contributed by atoms with E-state index in [1.807, 2.05) is 6.07 Å². The van der Waals surface area contributed by atoms with Gasteiger partial charge in [0.25, 0.3) is 0 Å². The molecule has 0 bridgehead atoms. The van der Waals surface area contributed by atoms with Crippen molar-refractivity contribution in [3.63, 3.8) is 0 Å². The van der Waals surface area contributed by atoms with E-state index in [4.69, 9.17) is 0 Å². The fourth-order valence-corrected chi connectivity index (χ4v) is 0.684. The summed E-state index contributed by atoms with van der Waals surface area (Å²) in [6.07, 6.45) is 1.72. The SMILES string of the molecule is c1cc2n(n1)CN=N2. The molecule has 0 aromatic carbocycles. The summed E-state index contributed by atoms with van der Waals surface area (Å²) in [4.78, 5) is 0. The van der Waals surface area contributed by atoms with Crippen LogP contribution in [0.3, 0.4) is 0 Å². The second-order valence-corrected chi connectivity index (χ2v) is 1.57. The molecule has 0 atom stereocenters. The van der Waals surface area contributed by atoms with E-state index in [0.717, 1.165) is 5.82 Å². The van der Waals surface area contributed by atoms with E-state index in [0.29, 0.717) is 6.67 Å². The molecule has 0 spiro atoms. The maximum absolute atomic E-state index is 3.93. The fraction of sp³-hybridized carbons (Fsp3) is 0.250. The highest BCUT2D eigenvalue weighted by molar-refractivity contribution is 5.25. The van der Waals surface area contributed by atoms with Crippen molar-refractivity contribution in [3.8, 4) is 0 Å². The van der Waals surface area contributed by atoms with Crippen LogP contribution in [0.4, 0.5) is 5.82 Å². The summed E-state index contributed by atoms with van der Waals surface area (Å²) in [5.41, 5.74) is 0. The number of hydrogen-bond donors (Lipinski definition) is 0. The number of hydrogen-bond acceptors (Lipinski definition) is 3. The minimum absolute atomic E-state index is 0.586. The van der Waals surface area contributed by atoms with Crippen molar-refractivity contribution in [2.45, 2.75) is 6.67 Å². The molecular weight excluding hydrogens is 104 g/mol. The van der Waals surface area contributed by atoms with E-state index >= 15 is 0 Å². The molecule has 4 nitrogen and oxygen atoms in total. The third-order valence-electron chi connectivity index (χ3n) is 1.06. The van der Waals surface area contributed by atoms with Crippen LogP contribution < -0.4 is 0 Å². The largest absolute Gasteiger partial charge is 0.222 e. The van der Waals surface area contributed by atoms with Crippen molar-refractivity contribution < 1.29 is 0 Å². The van der Waals surface area contributed by atoms with Gasteiger partial charge in [-0.05, 0) is 0 Å². The van der Waals surface area contributed by atoms with Gasteiger partial charge in [-0.1, -0.05) is 0 Å². The summed E-state index contributed by atoms with van der Waals surface area (Å²) in [5, 5.41) is 11.4. The Hall–Kier alpha value is -1.19. The first-order valence-corrected chi connectivity index (χ1v) is 2.36. The van der Waals surface area contributed by atoms with Crippen LogP contribution in [0.25, 0.3) is 0 Å². The number of nitrogens with zero attached hydrogens (tertiary/aromatic N) is 4. The number of azo groups is 1. The van der Waals surface area contributed by atoms with E-state index in [9.17, 15) is 0 Å². The van der Waals surface area contributed by atoms with Crippen molar-refractivity contribution in [1.82, 2.24) is 9.78 Å². The molecule has 0 fully saturated rings. The molecule has 0 N–H and O–H groups in total. The average molecular weight is 108 g/mol. The monoisotopic (exact) mass is 108 g/mol. The topological polar surface area (TPSA) is 42.5 Å². The molecule has 1 aliphatic heterocycles. The van der Waals surface area contributed by atoms with Gasteiger partial charge in [0, 0.05) is 6.07 Å². The zero-order valence-corrected chi connectivity index (χ0v) is 4.15. The molecule has 0 saturated heterocycles. The summed E-state index contributed by atoms with van der Waals surface area (Å²) in [5.74, 6) is 0.852. The summed E-state index contributed by atoms with van der Waals surface area (Å²) in [6, 6.07) is 1.83. The Bertz CT molecular complexity index is 224. The highest BCUT2D eigenvalue weighted by Crippen LogP contribution is 2.16. The number of aromatic nitrogens is 2. The molecule has 0 saturated carbocycles. The third-order valence-corrected chi connectivity index (χ3v) is 1.06. The van der Waals surface area contributed by atoms with Crippen molar-refractivity contribution >= 4 is 5.82 Å². The van der Waals surface area contributed by atoms with E-state index < -0.39 is 0 Å². The molecule has 40 valence electrons. The molecule has 0 amide bonds. The zero-order valence-electron chi connectivity index (χ0n) is 4.15. The standard InChI is InChI=1S/C4H4N4/c1-2-6-8-3-5-7-4(1)8/h1-2H,3H2. The fourth-order valence-electron chi connectivity index (χ4n) is 0.684. The lowest BCUT2D eigenvalue weighted by Crippen LogP contribution is -1.89. The van der Waals surface area contributed by atoms with Gasteiger partial charge in [0.15, 0.2) is 12.5 Å². The summed E-state index contributed by atoms with van der Waals surface area (Å²) >= 11 is 0. The van der Waals surface area contributed by atoms with Crippen LogP contribution >= 0.6 is 0 Å². The predicted octanol–water partition coefficient (Wildman–Crippen LogP) is 0.938. The number of rotatable bonds is 0. The van der Waals surface area contributed by atoms with Crippen LogP contribution in [0.5, 0.6) is 0 Å².